The number of halogens is 2. The zero-order valence-electron chi connectivity index (χ0n) is 5.37. The molecule has 1 rings (SSSR count). The lowest BCUT2D eigenvalue weighted by molar-refractivity contribution is -0.467. The molecule has 0 amide bonds. The second-order valence-electron chi connectivity index (χ2n) is 2.70. The van der Waals surface area contributed by atoms with Crippen molar-refractivity contribution < 1.29 is 14.5 Å². The molecule has 1 fully saturated rings. The predicted octanol–water partition coefficient (Wildman–Crippen LogP) is 0.806. The summed E-state index contributed by atoms with van der Waals surface area (Å²) in [6, 6.07) is -0.633. The molecule has 0 bridgehead atoms. The van der Waals surface area contributed by atoms with Crippen molar-refractivity contribution in [1.82, 2.24) is 0 Å². The Balaban J connectivity index is 2.49. The van der Waals surface area contributed by atoms with E-state index in [1.165, 1.54) is 0 Å². The summed E-state index contributed by atoms with van der Waals surface area (Å²) >= 11 is 0. The Kier molecular flexibility index (Phi) is 1.70. The van der Waals surface area contributed by atoms with Crippen LogP contribution in [0.25, 0.3) is 0 Å². The first-order valence-corrected chi connectivity index (χ1v) is 3.34. The molecule has 0 spiro atoms. The van der Waals surface area contributed by atoms with Gasteiger partial charge in [-0.1, -0.05) is 0 Å². The van der Waals surface area contributed by atoms with Gasteiger partial charge in [0, 0.05) is 12.8 Å². The van der Waals surface area contributed by atoms with Gasteiger partial charge in [0.15, 0.2) is 0 Å². The monoisotopic (exact) mass is 136 g/mol. The van der Waals surface area contributed by atoms with Gasteiger partial charge in [0.2, 0.25) is 0 Å². The summed E-state index contributed by atoms with van der Waals surface area (Å²) in [5, 5.41) is 0. The lowest BCUT2D eigenvalue weighted by Gasteiger charge is -2.24. The quantitative estimate of drug-likeness (QED) is 0.510. The maximum Gasteiger partial charge on any atom is 0.298 e. The van der Waals surface area contributed by atoms with E-state index < -0.39 is 12.0 Å². The third-order valence-electron chi connectivity index (χ3n) is 1.91. The molecule has 1 unspecified atom stereocenters. The molecule has 3 N–H and O–H groups in total. The Morgan fingerprint density at radius 3 is 2.33 bits per heavy atom. The van der Waals surface area contributed by atoms with Gasteiger partial charge in [-0.15, -0.1) is 0 Å². The van der Waals surface area contributed by atoms with Crippen molar-refractivity contribution in [3.05, 3.63) is 0 Å². The van der Waals surface area contributed by atoms with E-state index in [1.807, 2.05) is 0 Å². The predicted molar refractivity (Wildman–Crippen MR) is 30.1 cm³/mol. The number of rotatable bonds is 0. The van der Waals surface area contributed by atoms with Gasteiger partial charge in [-0.25, -0.2) is 8.78 Å². The number of hydrogen-bond donors (Lipinski definition) is 1. The summed E-state index contributed by atoms with van der Waals surface area (Å²) in [7, 11) is 0. The number of quaternary nitrogens is 1. The van der Waals surface area contributed by atoms with Crippen molar-refractivity contribution >= 4 is 0 Å². The smallest absolute Gasteiger partial charge is 0.298 e. The van der Waals surface area contributed by atoms with Crippen LogP contribution in [0.5, 0.6) is 0 Å². The molecule has 0 aromatic carbocycles. The molecule has 0 aliphatic heterocycles. The molecule has 0 aromatic heterocycles. The van der Waals surface area contributed by atoms with E-state index >= 15 is 0 Å². The zero-order chi connectivity index (χ0) is 6.91. The Morgan fingerprint density at radius 2 is 2.00 bits per heavy atom. The fourth-order valence-electron chi connectivity index (χ4n) is 1.17. The highest BCUT2D eigenvalue weighted by atomic mass is 19.3. The standard InChI is InChI=1S/C6H11F2N/c7-6(8)4-2-1-3-5(6)9/h5H,1-4,9H2/p+1. The summed E-state index contributed by atoms with van der Waals surface area (Å²) < 4.78 is 25.1. The first kappa shape index (κ1) is 6.93. The minimum Gasteiger partial charge on any atom is -0.350 e. The van der Waals surface area contributed by atoms with Crippen LogP contribution in [-0.4, -0.2) is 12.0 Å². The van der Waals surface area contributed by atoms with Gasteiger partial charge in [0.1, 0.15) is 6.04 Å². The molecule has 1 atom stereocenters. The lowest BCUT2D eigenvalue weighted by Crippen LogP contribution is -2.69. The largest absolute Gasteiger partial charge is 0.350 e. The SMILES string of the molecule is [NH3+]C1CCCCC1(F)F. The Labute approximate surface area is 53.2 Å². The van der Waals surface area contributed by atoms with E-state index in [0.717, 1.165) is 6.42 Å². The van der Waals surface area contributed by atoms with Crippen LogP contribution in [0.4, 0.5) is 8.78 Å². The normalized spacial score (nSPS) is 34.3. The molecule has 1 saturated carbocycles. The number of alkyl halides is 2. The van der Waals surface area contributed by atoms with Crippen molar-refractivity contribution in [2.45, 2.75) is 37.6 Å². The molecule has 1 aliphatic rings. The second kappa shape index (κ2) is 2.21. The van der Waals surface area contributed by atoms with Crippen LogP contribution in [0.2, 0.25) is 0 Å². The average molecular weight is 136 g/mol. The highest BCUT2D eigenvalue weighted by molar-refractivity contribution is 4.79. The molecule has 54 valence electrons. The molecule has 0 radical (unpaired) electrons. The summed E-state index contributed by atoms with van der Waals surface area (Å²) in [6.45, 7) is 0. The minimum atomic E-state index is -2.47. The van der Waals surface area contributed by atoms with Crippen molar-refractivity contribution in [2.75, 3.05) is 0 Å². The lowest BCUT2D eigenvalue weighted by atomic mass is 9.92. The summed E-state index contributed by atoms with van der Waals surface area (Å²) in [5.74, 6) is -2.47. The molecule has 0 heterocycles. The zero-order valence-corrected chi connectivity index (χ0v) is 5.37. The highest BCUT2D eigenvalue weighted by Crippen LogP contribution is 2.30. The first-order chi connectivity index (χ1) is 4.13. The molecule has 1 aliphatic carbocycles. The number of hydrogen-bond acceptors (Lipinski definition) is 0. The van der Waals surface area contributed by atoms with Crippen molar-refractivity contribution in [3.8, 4) is 0 Å². The fourth-order valence-corrected chi connectivity index (χ4v) is 1.17. The van der Waals surface area contributed by atoms with Crippen molar-refractivity contribution in [1.29, 1.82) is 0 Å². The third kappa shape index (κ3) is 1.39. The third-order valence-corrected chi connectivity index (χ3v) is 1.91. The van der Waals surface area contributed by atoms with Gasteiger partial charge in [-0.3, -0.25) is 0 Å². The van der Waals surface area contributed by atoms with Gasteiger partial charge in [-0.05, 0) is 12.8 Å². The Hall–Kier alpha value is -0.180. The maximum absolute atomic E-state index is 12.5. The van der Waals surface area contributed by atoms with Crippen LogP contribution in [0.3, 0.4) is 0 Å². The fraction of sp³-hybridized carbons (Fsp3) is 1.00. The van der Waals surface area contributed by atoms with E-state index in [1.54, 1.807) is 0 Å². The maximum atomic E-state index is 12.5. The van der Waals surface area contributed by atoms with Crippen molar-refractivity contribution in [3.63, 3.8) is 0 Å². The van der Waals surface area contributed by atoms with Crippen LogP contribution >= 0.6 is 0 Å². The van der Waals surface area contributed by atoms with Gasteiger partial charge in [0.05, 0.1) is 0 Å². The van der Waals surface area contributed by atoms with Crippen LogP contribution in [0.1, 0.15) is 25.7 Å². The van der Waals surface area contributed by atoms with E-state index in [2.05, 4.69) is 5.73 Å². The van der Waals surface area contributed by atoms with Gasteiger partial charge >= 0.3 is 0 Å². The summed E-state index contributed by atoms with van der Waals surface area (Å²) in [4.78, 5) is 0. The van der Waals surface area contributed by atoms with Gasteiger partial charge < -0.3 is 5.73 Å². The molecule has 3 heteroatoms. The van der Waals surface area contributed by atoms with Crippen LogP contribution in [0.15, 0.2) is 0 Å². The van der Waals surface area contributed by atoms with Crippen LogP contribution < -0.4 is 5.73 Å². The van der Waals surface area contributed by atoms with Gasteiger partial charge in [0.25, 0.3) is 5.92 Å². The highest BCUT2D eigenvalue weighted by Gasteiger charge is 2.41. The van der Waals surface area contributed by atoms with E-state index in [4.69, 9.17) is 0 Å². The van der Waals surface area contributed by atoms with Crippen LogP contribution in [-0.2, 0) is 0 Å². The first-order valence-electron chi connectivity index (χ1n) is 3.34. The minimum absolute atomic E-state index is 0.0428. The Morgan fingerprint density at radius 1 is 1.33 bits per heavy atom. The molecule has 9 heavy (non-hydrogen) atoms. The second-order valence-corrected chi connectivity index (χ2v) is 2.70. The van der Waals surface area contributed by atoms with Gasteiger partial charge in [-0.2, -0.15) is 0 Å². The molecular formula is C6H12F2N+. The molecule has 0 saturated heterocycles. The average Bonchev–Trinajstić information content (AvgIpc) is 1.77. The topological polar surface area (TPSA) is 27.6 Å². The summed E-state index contributed by atoms with van der Waals surface area (Å²) in [6.07, 6.45) is 2.22. The molecule has 1 nitrogen and oxygen atoms in total. The van der Waals surface area contributed by atoms with E-state index in [0.29, 0.717) is 12.8 Å². The van der Waals surface area contributed by atoms with E-state index in [-0.39, 0.29) is 6.42 Å². The molecular weight excluding hydrogens is 124 g/mol. The molecule has 0 aromatic rings. The Bertz CT molecular complexity index is 103. The van der Waals surface area contributed by atoms with Crippen molar-refractivity contribution in [2.24, 2.45) is 0 Å². The van der Waals surface area contributed by atoms with E-state index in [9.17, 15) is 8.78 Å². The summed E-state index contributed by atoms with van der Waals surface area (Å²) in [5.41, 5.74) is 3.40. The van der Waals surface area contributed by atoms with Crippen LogP contribution in [0, 0.1) is 0 Å².